The highest BCUT2D eigenvalue weighted by atomic mass is 28.3. The summed E-state index contributed by atoms with van der Waals surface area (Å²) in [6, 6.07) is 85.1. The lowest BCUT2D eigenvalue weighted by molar-refractivity contribution is 0.893. The second-order valence-electron chi connectivity index (χ2n) is 16.0. The molecular weight excluding hydrogens is 783 g/mol. The van der Waals surface area contributed by atoms with Crippen LogP contribution in [0, 0.1) is 0 Å². The van der Waals surface area contributed by atoms with Crippen molar-refractivity contribution in [1.29, 1.82) is 0 Å². The first-order chi connectivity index (χ1) is 31.3. The van der Waals surface area contributed by atoms with Gasteiger partial charge in [0, 0.05) is 27.1 Å². The number of benzene rings is 9. The van der Waals surface area contributed by atoms with E-state index in [1.807, 2.05) is 0 Å². The van der Waals surface area contributed by atoms with Crippen LogP contribution in [0.3, 0.4) is 0 Å². The number of hydrogen-bond donors (Lipinski definition) is 0. The van der Waals surface area contributed by atoms with Gasteiger partial charge in [-0.2, -0.15) is 15.0 Å². The van der Waals surface area contributed by atoms with Crippen LogP contribution in [0.1, 0.15) is 0 Å². The van der Waals surface area contributed by atoms with Crippen LogP contribution in [0.5, 0.6) is 0 Å². The number of aromatic nitrogens is 5. The van der Waals surface area contributed by atoms with Gasteiger partial charge < -0.3 is 0 Å². The van der Waals surface area contributed by atoms with Crippen LogP contribution in [-0.2, 0) is 0 Å². The highest BCUT2D eigenvalue weighted by molar-refractivity contribution is 7.19. The molecule has 3 aromatic heterocycles. The second kappa shape index (κ2) is 15.1. The van der Waals surface area contributed by atoms with Crippen LogP contribution in [0.15, 0.2) is 237 Å². The number of para-hydroxylation sites is 4. The standard InChI is InChI=1S/C57H39N5Si/c1-4-19-40(20-5-1)42-21-18-26-46(39-42)63(43-22-6-2-7-23-43,44-24-8-3-9-25-44)45-37-35-41(36-38-45)55-58-56(61-51-31-14-10-27-47(51)48-28-11-15-32-52(48)61)60-57(59-55)62-53-33-16-12-29-49(53)50-30-13-17-34-54(50)62/h1-39H. The number of fused-ring (bicyclic) bond motifs is 6. The van der Waals surface area contributed by atoms with E-state index >= 15 is 0 Å². The zero-order chi connectivity index (χ0) is 41.7. The summed E-state index contributed by atoms with van der Waals surface area (Å²) in [6.07, 6.45) is 0. The van der Waals surface area contributed by atoms with E-state index < -0.39 is 8.07 Å². The summed E-state index contributed by atoms with van der Waals surface area (Å²) < 4.78 is 4.37. The summed E-state index contributed by atoms with van der Waals surface area (Å²) >= 11 is 0. The van der Waals surface area contributed by atoms with Crippen molar-refractivity contribution in [3.63, 3.8) is 0 Å². The number of hydrogen-bond acceptors (Lipinski definition) is 3. The zero-order valence-electron chi connectivity index (χ0n) is 34.3. The van der Waals surface area contributed by atoms with Gasteiger partial charge in [0.15, 0.2) is 13.9 Å². The first-order valence-electron chi connectivity index (χ1n) is 21.4. The first-order valence-corrected chi connectivity index (χ1v) is 23.4. The Morgan fingerprint density at radius 3 is 1.10 bits per heavy atom. The Bertz CT molecular complexity index is 3340. The molecule has 0 fully saturated rings. The zero-order valence-corrected chi connectivity index (χ0v) is 35.3. The molecule has 63 heavy (non-hydrogen) atoms. The minimum absolute atomic E-state index is 0.563. The van der Waals surface area contributed by atoms with E-state index in [1.54, 1.807) is 0 Å². The molecule has 0 radical (unpaired) electrons. The topological polar surface area (TPSA) is 48.5 Å². The quantitative estimate of drug-likeness (QED) is 0.113. The maximum atomic E-state index is 5.37. The Labute approximate surface area is 365 Å². The second-order valence-corrected chi connectivity index (χ2v) is 19.8. The van der Waals surface area contributed by atoms with Gasteiger partial charge in [-0.3, -0.25) is 9.13 Å². The minimum atomic E-state index is -2.88. The molecule has 0 saturated heterocycles. The lowest BCUT2D eigenvalue weighted by Gasteiger charge is -2.34. The van der Waals surface area contributed by atoms with Crippen molar-refractivity contribution < 1.29 is 0 Å². The van der Waals surface area contributed by atoms with Gasteiger partial charge in [-0.25, -0.2) is 0 Å². The molecule has 0 aliphatic heterocycles. The van der Waals surface area contributed by atoms with Crippen LogP contribution in [0.25, 0.3) is 78.0 Å². The molecule has 0 aliphatic carbocycles. The van der Waals surface area contributed by atoms with Gasteiger partial charge in [0.1, 0.15) is 0 Å². The Kier molecular flexibility index (Phi) is 8.76. The monoisotopic (exact) mass is 821 g/mol. The van der Waals surface area contributed by atoms with E-state index in [2.05, 4.69) is 246 Å². The normalized spacial score (nSPS) is 11.8. The van der Waals surface area contributed by atoms with Gasteiger partial charge in [-0.05, 0) is 56.1 Å². The largest absolute Gasteiger partial charge is 0.278 e. The van der Waals surface area contributed by atoms with Crippen molar-refractivity contribution >= 4 is 72.4 Å². The summed E-state index contributed by atoms with van der Waals surface area (Å²) in [5.74, 6) is 1.73. The van der Waals surface area contributed by atoms with Crippen LogP contribution in [-0.4, -0.2) is 32.2 Å². The molecule has 12 rings (SSSR count). The molecule has 5 nitrogen and oxygen atoms in total. The Balaban J connectivity index is 1.10. The Morgan fingerprint density at radius 1 is 0.270 bits per heavy atom. The summed E-state index contributed by atoms with van der Waals surface area (Å²) in [7, 11) is -2.88. The van der Waals surface area contributed by atoms with Crippen molar-refractivity contribution in [3.05, 3.63) is 237 Å². The van der Waals surface area contributed by atoms with Gasteiger partial charge in [-0.15, -0.1) is 0 Å². The fourth-order valence-electron chi connectivity index (χ4n) is 9.77. The molecule has 0 saturated carbocycles. The number of nitrogens with zero attached hydrogens (tertiary/aromatic N) is 5. The van der Waals surface area contributed by atoms with Crippen molar-refractivity contribution in [3.8, 4) is 34.4 Å². The predicted octanol–water partition coefficient (Wildman–Crippen LogP) is 10.8. The third-order valence-corrected chi connectivity index (χ3v) is 17.3. The average molecular weight is 822 g/mol. The summed E-state index contributed by atoms with van der Waals surface area (Å²) in [5.41, 5.74) is 7.47. The van der Waals surface area contributed by atoms with E-state index in [0.717, 1.165) is 49.2 Å². The van der Waals surface area contributed by atoms with E-state index in [4.69, 9.17) is 15.0 Å². The van der Waals surface area contributed by atoms with Gasteiger partial charge in [-0.1, -0.05) is 212 Å². The summed E-state index contributed by atoms with van der Waals surface area (Å²) in [4.78, 5) is 16.1. The Morgan fingerprint density at radius 2 is 0.635 bits per heavy atom. The van der Waals surface area contributed by atoms with Crippen LogP contribution in [0.4, 0.5) is 0 Å². The fourth-order valence-corrected chi connectivity index (χ4v) is 14.5. The van der Waals surface area contributed by atoms with E-state index in [-0.39, 0.29) is 0 Å². The van der Waals surface area contributed by atoms with Gasteiger partial charge in [0.05, 0.1) is 22.1 Å². The average Bonchev–Trinajstić information content (AvgIpc) is 3.89. The van der Waals surface area contributed by atoms with Crippen molar-refractivity contribution in [2.75, 3.05) is 0 Å². The van der Waals surface area contributed by atoms with Crippen LogP contribution >= 0.6 is 0 Å². The predicted molar refractivity (Wildman–Crippen MR) is 263 cm³/mol. The van der Waals surface area contributed by atoms with Crippen molar-refractivity contribution in [2.24, 2.45) is 0 Å². The van der Waals surface area contributed by atoms with Gasteiger partial charge in [0.25, 0.3) is 0 Å². The smallest absolute Gasteiger partial charge is 0.240 e. The first kappa shape index (κ1) is 36.6. The third-order valence-electron chi connectivity index (χ3n) is 12.6. The number of rotatable bonds is 8. The van der Waals surface area contributed by atoms with Crippen LogP contribution in [0.2, 0.25) is 0 Å². The van der Waals surface area contributed by atoms with Crippen molar-refractivity contribution in [1.82, 2.24) is 24.1 Å². The molecule has 3 heterocycles. The van der Waals surface area contributed by atoms with Gasteiger partial charge in [0.2, 0.25) is 11.9 Å². The molecule has 12 aromatic rings. The molecule has 0 bridgehead atoms. The maximum Gasteiger partial charge on any atom is 0.240 e. The maximum absolute atomic E-state index is 5.37. The van der Waals surface area contributed by atoms with Crippen molar-refractivity contribution in [2.45, 2.75) is 0 Å². The SMILES string of the molecule is c1ccc(-c2cccc([Si](c3ccccc3)(c3ccccc3)c3ccc(-c4nc(-n5c6ccccc6c6ccccc65)nc(-n5c6ccccc6c6ccccc65)n4)cc3)c2)cc1. The molecule has 0 aliphatic rings. The van der Waals surface area contributed by atoms with E-state index in [9.17, 15) is 0 Å². The minimum Gasteiger partial charge on any atom is -0.278 e. The molecule has 9 aromatic carbocycles. The summed E-state index contributed by atoms with van der Waals surface area (Å²) in [5, 5.41) is 9.82. The lowest BCUT2D eigenvalue weighted by Crippen LogP contribution is -2.74. The molecule has 0 spiro atoms. The fraction of sp³-hybridized carbons (Fsp3) is 0. The molecule has 0 unspecified atom stereocenters. The molecule has 6 heteroatoms. The highest BCUT2D eigenvalue weighted by Gasteiger charge is 2.41. The lowest BCUT2D eigenvalue weighted by atomic mass is 10.1. The summed E-state index contributed by atoms with van der Waals surface area (Å²) in [6.45, 7) is 0. The Hall–Kier alpha value is -8.19. The van der Waals surface area contributed by atoms with E-state index in [1.165, 1.54) is 31.9 Å². The third kappa shape index (κ3) is 5.95. The van der Waals surface area contributed by atoms with Crippen LogP contribution < -0.4 is 20.7 Å². The molecule has 296 valence electrons. The molecular formula is C57H39N5Si. The molecule has 0 atom stereocenters. The molecule has 0 amide bonds. The van der Waals surface area contributed by atoms with E-state index in [0.29, 0.717) is 17.7 Å². The van der Waals surface area contributed by atoms with Gasteiger partial charge >= 0.3 is 0 Å². The highest BCUT2D eigenvalue weighted by Crippen LogP contribution is 2.34. The molecule has 0 N–H and O–H groups in total.